The molecule has 0 saturated carbocycles. The number of nitriles is 1. The zero-order chi connectivity index (χ0) is 39.6. The van der Waals surface area contributed by atoms with Crippen LogP contribution in [0.3, 0.4) is 0 Å². The molecule has 276 valence electrons. The molecule has 0 N–H and O–H groups in total. The molecule has 9 aromatic carbocycles. The molecule has 13 aromatic rings. The van der Waals surface area contributed by atoms with E-state index < -0.39 is 0 Å². The topological polar surface area (TPSA) is 56.1 Å². The Kier molecular flexibility index (Phi) is 6.48. The average Bonchev–Trinajstić information content (AvgIpc) is 4.04. The third kappa shape index (κ3) is 4.29. The van der Waals surface area contributed by atoms with E-state index in [0.717, 1.165) is 93.0 Å². The number of hydrogen-bond donors (Lipinski definition) is 0. The van der Waals surface area contributed by atoms with Crippen molar-refractivity contribution in [2.75, 3.05) is 0 Å². The average molecular weight is 764 g/mol. The van der Waals surface area contributed by atoms with Gasteiger partial charge in [-0.1, -0.05) is 103 Å². The van der Waals surface area contributed by atoms with E-state index in [1.54, 1.807) is 0 Å². The normalized spacial score (nSPS) is 12.0. The molecule has 0 fully saturated rings. The lowest BCUT2D eigenvalue weighted by molar-refractivity contribution is 0.669. The van der Waals surface area contributed by atoms with E-state index in [0.29, 0.717) is 22.6 Å². The van der Waals surface area contributed by atoms with Gasteiger partial charge in [-0.25, -0.2) is 4.85 Å². The Morgan fingerprint density at radius 2 is 1.03 bits per heavy atom. The lowest BCUT2D eigenvalue weighted by Crippen LogP contribution is -2.02. The molecule has 6 heteroatoms. The van der Waals surface area contributed by atoms with Crippen molar-refractivity contribution in [2.24, 2.45) is 0 Å². The van der Waals surface area contributed by atoms with Crippen LogP contribution in [0.4, 0.5) is 5.69 Å². The van der Waals surface area contributed by atoms with E-state index in [4.69, 9.17) is 11.0 Å². The zero-order valence-corrected chi connectivity index (χ0v) is 31.9. The number of fused-ring (bicyclic) bond motifs is 14. The second-order valence-corrected chi connectivity index (χ2v) is 15.5. The molecular formula is C54H29N5O. The van der Waals surface area contributed by atoms with Gasteiger partial charge in [-0.3, -0.25) is 0 Å². The monoisotopic (exact) mass is 763 g/mol. The number of furan rings is 1. The van der Waals surface area contributed by atoms with E-state index in [9.17, 15) is 5.26 Å². The van der Waals surface area contributed by atoms with Gasteiger partial charge < -0.3 is 18.1 Å². The summed E-state index contributed by atoms with van der Waals surface area (Å²) in [5, 5.41) is 22.0. The molecule has 4 heterocycles. The lowest BCUT2D eigenvalue weighted by Gasteiger charge is -2.16. The molecule has 0 aliphatic rings. The second kappa shape index (κ2) is 12.0. The van der Waals surface area contributed by atoms with Crippen molar-refractivity contribution in [2.45, 2.75) is 0 Å². The van der Waals surface area contributed by atoms with E-state index in [2.05, 4.69) is 164 Å². The third-order valence-electron chi connectivity index (χ3n) is 12.5. The van der Waals surface area contributed by atoms with Gasteiger partial charge in [0, 0.05) is 48.8 Å². The predicted molar refractivity (Wildman–Crippen MR) is 245 cm³/mol. The Morgan fingerprint density at radius 1 is 0.433 bits per heavy atom. The van der Waals surface area contributed by atoms with Gasteiger partial charge >= 0.3 is 0 Å². The van der Waals surface area contributed by atoms with Gasteiger partial charge in [0.15, 0.2) is 0 Å². The maximum atomic E-state index is 11.1. The molecule has 0 amide bonds. The molecule has 0 aliphatic carbocycles. The summed E-state index contributed by atoms with van der Waals surface area (Å²) in [5.74, 6) is 0. The fourth-order valence-electron chi connectivity index (χ4n) is 9.93. The summed E-state index contributed by atoms with van der Waals surface area (Å²) in [7, 11) is 0. The van der Waals surface area contributed by atoms with Gasteiger partial charge in [0.25, 0.3) is 0 Å². The van der Waals surface area contributed by atoms with Crippen LogP contribution in [0.15, 0.2) is 180 Å². The Balaban J connectivity index is 1.12. The van der Waals surface area contributed by atoms with Gasteiger partial charge in [0.2, 0.25) is 5.69 Å². The lowest BCUT2D eigenvalue weighted by atomic mass is 10.0. The van der Waals surface area contributed by atoms with Gasteiger partial charge in [-0.05, 0) is 83.6 Å². The van der Waals surface area contributed by atoms with Crippen LogP contribution >= 0.6 is 0 Å². The van der Waals surface area contributed by atoms with Gasteiger partial charge in [0.05, 0.1) is 56.6 Å². The maximum Gasteiger partial charge on any atom is 0.212 e. The molecule has 0 bridgehead atoms. The first-order valence-corrected chi connectivity index (χ1v) is 19.9. The molecule has 0 saturated heterocycles. The minimum atomic E-state index is 0.451. The Labute approximate surface area is 342 Å². The highest BCUT2D eigenvalue weighted by molar-refractivity contribution is 6.22. The summed E-state index contributed by atoms with van der Waals surface area (Å²) in [5.41, 5.74) is 10.9. The SMILES string of the molecule is [C-]#[N+]c1cc(-n2c3ccc(-n4c5ccccc5c5ccccc54)cc3c3cc4oc5ccccc5c4cc32)c(C#N)cc1-n1c2ccccc2c2c3ccccc3ccc21. The highest BCUT2D eigenvalue weighted by Gasteiger charge is 2.23. The van der Waals surface area contributed by atoms with Crippen LogP contribution in [0.2, 0.25) is 0 Å². The van der Waals surface area contributed by atoms with Crippen molar-refractivity contribution in [1.82, 2.24) is 13.7 Å². The summed E-state index contributed by atoms with van der Waals surface area (Å²) in [6, 6.07) is 63.4. The summed E-state index contributed by atoms with van der Waals surface area (Å²) in [6.07, 6.45) is 0. The quantitative estimate of drug-likeness (QED) is 0.168. The van der Waals surface area contributed by atoms with E-state index >= 15 is 0 Å². The molecule has 0 radical (unpaired) electrons. The number of aromatic nitrogens is 3. The van der Waals surface area contributed by atoms with Crippen LogP contribution < -0.4 is 0 Å². The highest BCUT2D eigenvalue weighted by atomic mass is 16.3. The van der Waals surface area contributed by atoms with Crippen LogP contribution in [0.25, 0.3) is 120 Å². The molecule has 0 atom stereocenters. The molecule has 0 aliphatic heterocycles. The molecule has 4 aromatic heterocycles. The molecule has 0 spiro atoms. The molecule has 6 nitrogen and oxygen atoms in total. The number of benzene rings is 9. The maximum absolute atomic E-state index is 11.1. The molecular weight excluding hydrogens is 735 g/mol. The first-order valence-electron chi connectivity index (χ1n) is 19.9. The molecule has 60 heavy (non-hydrogen) atoms. The molecule has 0 unspecified atom stereocenters. The van der Waals surface area contributed by atoms with Crippen LogP contribution in [-0.2, 0) is 0 Å². The summed E-state index contributed by atoms with van der Waals surface area (Å²) >= 11 is 0. The summed E-state index contributed by atoms with van der Waals surface area (Å²) in [4.78, 5) is 4.18. The fourth-order valence-corrected chi connectivity index (χ4v) is 9.93. The summed E-state index contributed by atoms with van der Waals surface area (Å²) < 4.78 is 13.1. The fraction of sp³-hybridized carbons (Fsp3) is 0. The summed E-state index contributed by atoms with van der Waals surface area (Å²) in [6.45, 7) is 8.63. The number of hydrogen-bond acceptors (Lipinski definition) is 2. The predicted octanol–water partition coefficient (Wildman–Crippen LogP) is 14.5. The Bertz CT molecular complexity index is 4050. The second-order valence-electron chi connectivity index (χ2n) is 15.5. The number of nitrogens with zero attached hydrogens (tertiary/aromatic N) is 5. The standard InChI is InChI=1S/C54H29N5O/c1-56-43-30-49(33(31-55)26-51(43)58-46-20-10-6-17-39(46)54-35-13-3-2-12-32(35)22-24-48(54)58)59-47-25-23-34(57-44-18-8-4-14-36(44)37-15-5-9-19-45(37)57)27-40(47)41-29-53-42(28-50(41)59)38-16-7-11-21-52(38)60-53/h2-30H. The van der Waals surface area contributed by atoms with Crippen molar-refractivity contribution >= 4 is 104 Å². The highest BCUT2D eigenvalue weighted by Crippen LogP contribution is 2.44. The number of para-hydroxylation sites is 4. The minimum absolute atomic E-state index is 0.451. The first-order chi connectivity index (χ1) is 29.7. The zero-order valence-electron chi connectivity index (χ0n) is 31.9. The van der Waals surface area contributed by atoms with Gasteiger partial charge in [0.1, 0.15) is 17.2 Å². The van der Waals surface area contributed by atoms with E-state index in [1.807, 2.05) is 36.4 Å². The van der Waals surface area contributed by atoms with Crippen molar-refractivity contribution in [3.05, 3.63) is 193 Å². The van der Waals surface area contributed by atoms with Crippen molar-refractivity contribution in [3.8, 4) is 23.1 Å². The van der Waals surface area contributed by atoms with E-state index in [-0.39, 0.29) is 0 Å². The Morgan fingerprint density at radius 3 is 1.78 bits per heavy atom. The van der Waals surface area contributed by atoms with Crippen LogP contribution in [0.5, 0.6) is 0 Å². The van der Waals surface area contributed by atoms with Crippen LogP contribution in [-0.4, -0.2) is 13.7 Å². The third-order valence-corrected chi connectivity index (χ3v) is 12.5. The van der Waals surface area contributed by atoms with Crippen molar-refractivity contribution < 1.29 is 4.42 Å². The van der Waals surface area contributed by atoms with E-state index in [1.165, 1.54) is 10.8 Å². The van der Waals surface area contributed by atoms with Crippen LogP contribution in [0.1, 0.15) is 5.56 Å². The van der Waals surface area contributed by atoms with Gasteiger partial charge in [-0.15, -0.1) is 0 Å². The first kappa shape index (κ1) is 32.5. The number of rotatable bonds is 3. The van der Waals surface area contributed by atoms with Crippen LogP contribution in [0, 0.1) is 17.9 Å². The smallest absolute Gasteiger partial charge is 0.212 e. The van der Waals surface area contributed by atoms with Gasteiger partial charge in [-0.2, -0.15) is 5.26 Å². The van der Waals surface area contributed by atoms with Crippen molar-refractivity contribution in [3.63, 3.8) is 0 Å². The largest absolute Gasteiger partial charge is 0.456 e. The molecule has 13 rings (SSSR count). The van der Waals surface area contributed by atoms with Crippen molar-refractivity contribution in [1.29, 1.82) is 5.26 Å². The minimum Gasteiger partial charge on any atom is -0.456 e. The Hall–Kier alpha value is -8.58.